The molecule has 0 bridgehead atoms. The SMILES string of the molecule is NS(=O)(=O)c1cccc(Nc2ncc(F)c(Nc3ccc(CNS(=O)(=O)CC(F)(F)F)cc3)n2)c1. The third kappa shape index (κ3) is 8.13. The van der Waals surface area contributed by atoms with Crippen LogP contribution in [0.15, 0.2) is 59.6 Å². The van der Waals surface area contributed by atoms with E-state index in [-0.39, 0.29) is 28.9 Å². The fraction of sp³-hybridized carbons (Fsp3) is 0.158. The number of primary sulfonamides is 1. The van der Waals surface area contributed by atoms with Gasteiger partial charge in [0.2, 0.25) is 26.0 Å². The molecule has 3 aromatic rings. The number of benzene rings is 2. The zero-order valence-corrected chi connectivity index (χ0v) is 19.2. The maximum atomic E-state index is 14.2. The van der Waals surface area contributed by atoms with Gasteiger partial charge in [-0.3, -0.25) is 0 Å². The highest BCUT2D eigenvalue weighted by Crippen LogP contribution is 2.22. The van der Waals surface area contributed by atoms with E-state index >= 15 is 0 Å². The summed E-state index contributed by atoms with van der Waals surface area (Å²) in [6, 6.07) is 11.2. The second-order valence-corrected chi connectivity index (χ2v) is 10.5. The lowest BCUT2D eigenvalue weighted by Gasteiger charge is -2.11. The van der Waals surface area contributed by atoms with Gasteiger partial charge < -0.3 is 10.6 Å². The lowest BCUT2D eigenvalue weighted by Crippen LogP contribution is -2.33. The summed E-state index contributed by atoms with van der Waals surface area (Å²) in [7, 11) is -8.49. The van der Waals surface area contributed by atoms with Gasteiger partial charge in [0.1, 0.15) is 0 Å². The van der Waals surface area contributed by atoms with Crippen LogP contribution < -0.4 is 20.5 Å². The van der Waals surface area contributed by atoms with E-state index < -0.39 is 37.8 Å². The van der Waals surface area contributed by atoms with Crippen LogP contribution in [0.3, 0.4) is 0 Å². The number of hydrogen-bond donors (Lipinski definition) is 4. The topological polar surface area (TPSA) is 156 Å². The molecule has 0 radical (unpaired) electrons. The van der Waals surface area contributed by atoms with Crippen molar-refractivity contribution in [2.75, 3.05) is 16.4 Å². The quantitative estimate of drug-likeness (QED) is 0.305. The summed E-state index contributed by atoms with van der Waals surface area (Å²) in [5.41, 5.74) is 0.986. The molecule has 0 saturated carbocycles. The fourth-order valence-corrected chi connectivity index (χ4v) is 4.18. The van der Waals surface area contributed by atoms with Crippen LogP contribution in [-0.2, 0) is 26.6 Å². The molecule has 0 saturated heterocycles. The molecule has 0 unspecified atom stereocenters. The molecule has 0 fully saturated rings. The second-order valence-electron chi connectivity index (χ2n) is 7.11. The van der Waals surface area contributed by atoms with E-state index in [0.717, 1.165) is 6.20 Å². The number of nitrogens with zero attached hydrogens (tertiary/aromatic N) is 2. The number of sulfonamides is 2. The van der Waals surface area contributed by atoms with Crippen molar-refractivity contribution in [3.05, 3.63) is 66.1 Å². The molecule has 10 nitrogen and oxygen atoms in total. The Balaban J connectivity index is 1.68. The first-order valence-corrected chi connectivity index (χ1v) is 12.7. The minimum atomic E-state index is -4.86. The van der Waals surface area contributed by atoms with E-state index in [1.807, 2.05) is 4.72 Å². The molecular formula is C19H18F4N6O4S2. The monoisotopic (exact) mass is 534 g/mol. The van der Waals surface area contributed by atoms with Gasteiger partial charge >= 0.3 is 6.18 Å². The Labute approximate surface area is 197 Å². The lowest BCUT2D eigenvalue weighted by molar-refractivity contribution is -0.106. The van der Waals surface area contributed by atoms with Gasteiger partial charge in [0.15, 0.2) is 17.4 Å². The molecule has 3 rings (SSSR count). The van der Waals surface area contributed by atoms with Crippen LogP contribution in [0.25, 0.3) is 0 Å². The molecule has 1 aromatic heterocycles. The Morgan fingerprint density at radius 2 is 1.63 bits per heavy atom. The summed E-state index contributed by atoms with van der Waals surface area (Å²) in [5, 5.41) is 10.5. The molecular weight excluding hydrogens is 516 g/mol. The number of hydrogen-bond acceptors (Lipinski definition) is 8. The summed E-state index contributed by atoms with van der Waals surface area (Å²) in [6.45, 7) is -0.369. The number of alkyl halides is 3. The largest absolute Gasteiger partial charge is 0.404 e. The van der Waals surface area contributed by atoms with Gasteiger partial charge in [-0.1, -0.05) is 18.2 Å². The van der Waals surface area contributed by atoms with Crippen LogP contribution in [0.4, 0.5) is 40.7 Å². The second kappa shape index (κ2) is 10.1. The molecule has 0 spiro atoms. The molecule has 0 aliphatic carbocycles. The maximum Gasteiger partial charge on any atom is 0.404 e. The third-order valence-corrected chi connectivity index (χ3v) is 6.43. The molecule has 1 heterocycles. The van der Waals surface area contributed by atoms with E-state index in [9.17, 15) is 34.4 Å². The van der Waals surface area contributed by atoms with Crippen molar-refractivity contribution < 1.29 is 34.4 Å². The predicted octanol–water partition coefficient (Wildman–Crippen LogP) is 2.73. The highest BCUT2D eigenvalue weighted by atomic mass is 32.2. The first kappa shape index (κ1) is 26.3. The highest BCUT2D eigenvalue weighted by molar-refractivity contribution is 7.89. The molecule has 5 N–H and O–H groups in total. The number of rotatable bonds is 9. The molecule has 0 amide bonds. The fourth-order valence-electron chi connectivity index (χ4n) is 2.70. The Hall–Kier alpha value is -3.34. The number of nitrogens with two attached hydrogens (primary N) is 1. The Kier molecular flexibility index (Phi) is 7.59. The average molecular weight is 535 g/mol. The van der Waals surface area contributed by atoms with Gasteiger partial charge in [-0.15, -0.1) is 0 Å². The molecule has 16 heteroatoms. The zero-order valence-electron chi connectivity index (χ0n) is 17.5. The van der Waals surface area contributed by atoms with Crippen molar-refractivity contribution in [3.8, 4) is 0 Å². The van der Waals surface area contributed by atoms with Crippen molar-refractivity contribution in [1.29, 1.82) is 0 Å². The van der Waals surface area contributed by atoms with Crippen LogP contribution in [-0.4, -0.2) is 38.7 Å². The number of anilines is 4. The van der Waals surface area contributed by atoms with Crippen LogP contribution in [0, 0.1) is 5.82 Å². The number of nitrogens with one attached hydrogen (secondary N) is 3. The van der Waals surface area contributed by atoms with Crippen molar-refractivity contribution in [1.82, 2.24) is 14.7 Å². The zero-order chi connectivity index (χ0) is 25.9. The van der Waals surface area contributed by atoms with E-state index in [2.05, 4.69) is 20.6 Å². The van der Waals surface area contributed by atoms with Crippen LogP contribution >= 0.6 is 0 Å². The average Bonchev–Trinajstić information content (AvgIpc) is 2.74. The maximum absolute atomic E-state index is 14.2. The first-order valence-electron chi connectivity index (χ1n) is 9.53. The summed E-state index contributed by atoms with van der Waals surface area (Å²) >= 11 is 0. The third-order valence-electron chi connectivity index (χ3n) is 4.23. The number of halogens is 4. The van der Waals surface area contributed by atoms with E-state index in [1.165, 1.54) is 48.5 Å². The minimum Gasteiger partial charge on any atom is -0.338 e. The molecule has 0 atom stereocenters. The smallest absolute Gasteiger partial charge is 0.338 e. The Morgan fingerprint density at radius 1 is 0.943 bits per heavy atom. The van der Waals surface area contributed by atoms with E-state index in [0.29, 0.717) is 11.3 Å². The van der Waals surface area contributed by atoms with Gasteiger partial charge in [-0.25, -0.2) is 36.1 Å². The van der Waals surface area contributed by atoms with Gasteiger partial charge in [-0.05, 0) is 35.9 Å². The predicted molar refractivity (Wildman–Crippen MR) is 119 cm³/mol. The van der Waals surface area contributed by atoms with Crippen molar-refractivity contribution in [2.24, 2.45) is 5.14 Å². The normalized spacial score (nSPS) is 12.4. The summed E-state index contributed by atoms with van der Waals surface area (Å²) in [5.74, 6) is -3.09. The summed E-state index contributed by atoms with van der Waals surface area (Å²) < 4.78 is 98.8. The Bertz CT molecular complexity index is 1420. The Morgan fingerprint density at radius 3 is 2.26 bits per heavy atom. The van der Waals surface area contributed by atoms with E-state index in [4.69, 9.17) is 5.14 Å². The standard InChI is InChI=1S/C19H18F4N6O4S2/c20-16-10-25-18(28-14-2-1-3-15(8-14)35(24,32)33)29-17(16)27-13-6-4-12(5-7-13)9-26-34(30,31)11-19(21,22)23/h1-8,10,26H,9,11H2,(H2,24,32,33)(H2,25,27,28,29). The van der Waals surface area contributed by atoms with Crippen molar-refractivity contribution >= 4 is 43.2 Å². The molecule has 0 aliphatic heterocycles. The van der Waals surface area contributed by atoms with Crippen molar-refractivity contribution in [2.45, 2.75) is 17.6 Å². The number of aromatic nitrogens is 2. The molecule has 35 heavy (non-hydrogen) atoms. The van der Waals surface area contributed by atoms with Gasteiger partial charge in [-0.2, -0.15) is 18.2 Å². The van der Waals surface area contributed by atoms with Crippen LogP contribution in [0.5, 0.6) is 0 Å². The van der Waals surface area contributed by atoms with Gasteiger partial charge in [0, 0.05) is 17.9 Å². The summed E-state index contributed by atoms with van der Waals surface area (Å²) in [6.07, 6.45) is -3.98. The highest BCUT2D eigenvalue weighted by Gasteiger charge is 2.34. The van der Waals surface area contributed by atoms with E-state index in [1.54, 1.807) is 0 Å². The van der Waals surface area contributed by atoms with Crippen LogP contribution in [0.2, 0.25) is 0 Å². The summed E-state index contributed by atoms with van der Waals surface area (Å²) in [4.78, 5) is 7.63. The first-order chi connectivity index (χ1) is 16.2. The molecule has 0 aliphatic rings. The van der Waals surface area contributed by atoms with Crippen LogP contribution in [0.1, 0.15) is 5.56 Å². The lowest BCUT2D eigenvalue weighted by atomic mass is 10.2. The van der Waals surface area contributed by atoms with Gasteiger partial charge in [0.05, 0.1) is 11.1 Å². The molecule has 188 valence electrons. The van der Waals surface area contributed by atoms with Gasteiger partial charge in [0.25, 0.3) is 0 Å². The van der Waals surface area contributed by atoms with Crippen molar-refractivity contribution in [3.63, 3.8) is 0 Å². The minimum absolute atomic E-state index is 0.0591. The molecule has 2 aromatic carbocycles.